The highest BCUT2D eigenvalue weighted by atomic mass is 35.5. The van der Waals surface area contributed by atoms with Gasteiger partial charge in [-0.05, 0) is 24.3 Å². The molecule has 0 bridgehead atoms. The summed E-state index contributed by atoms with van der Waals surface area (Å²) in [5.74, 6) is -0.216. The Balaban J connectivity index is 1.77. The third kappa shape index (κ3) is 5.22. The van der Waals surface area contributed by atoms with Gasteiger partial charge in [0.2, 0.25) is 21.1 Å². The van der Waals surface area contributed by atoms with Crippen molar-refractivity contribution in [3.05, 3.63) is 53.6 Å². The predicted molar refractivity (Wildman–Crippen MR) is 114 cm³/mol. The van der Waals surface area contributed by atoms with Crippen LogP contribution in [0.1, 0.15) is 0 Å². The van der Waals surface area contributed by atoms with E-state index in [-0.39, 0.29) is 10.8 Å². The van der Waals surface area contributed by atoms with Crippen LogP contribution in [0, 0.1) is 0 Å². The van der Waals surface area contributed by atoms with Crippen molar-refractivity contribution < 1.29 is 17.9 Å². The number of carbonyl (C=O) groups excluding carboxylic acids is 1. The Morgan fingerprint density at radius 3 is 2.52 bits per heavy atom. The summed E-state index contributed by atoms with van der Waals surface area (Å²) in [4.78, 5) is 12.5. The number of rotatable bonds is 7. The summed E-state index contributed by atoms with van der Waals surface area (Å²) in [6, 6.07) is 13.6. The Morgan fingerprint density at radius 2 is 1.86 bits per heavy atom. The summed E-state index contributed by atoms with van der Waals surface area (Å²) in [5.41, 5.74) is 1.07. The van der Waals surface area contributed by atoms with Crippen LogP contribution in [0.15, 0.2) is 48.5 Å². The largest absolute Gasteiger partial charge is 0.495 e. The number of methoxy groups -OCH3 is 1. The molecule has 0 atom stereocenters. The zero-order valence-corrected chi connectivity index (χ0v) is 17.9. The van der Waals surface area contributed by atoms with Crippen LogP contribution in [-0.4, -0.2) is 44.4 Å². The lowest BCUT2D eigenvalue weighted by Crippen LogP contribution is -2.37. The Kier molecular flexibility index (Phi) is 6.36. The van der Waals surface area contributed by atoms with Crippen LogP contribution in [-0.2, 0) is 14.8 Å². The average molecular weight is 453 g/mol. The van der Waals surface area contributed by atoms with Crippen molar-refractivity contribution in [2.24, 2.45) is 0 Å². The molecule has 3 aromatic rings. The first-order chi connectivity index (χ1) is 13.8. The molecular weight excluding hydrogens is 436 g/mol. The number of benzene rings is 2. The molecule has 11 heteroatoms. The van der Waals surface area contributed by atoms with E-state index in [0.717, 1.165) is 16.1 Å². The zero-order valence-electron chi connectivity index (χ0n) is 15.5. The molecule has 0 aliphatic heterocycles. The van der Waals surface area contributed by atoms with Crippen molar-refractivity contribution in [3.63, 3.8) is 0 Å². The van der Waals surface area contributed by atoms with Crippen molar-refractivity contribution in [1.29, 1.82) is 0 Å². The second-order valence-electron chi connectivity index (χ2n) is 5.91. The van der Waals surface area contributed by atoms with Gasteiger partial charge in [0.1, 0.15) is 17.3 Å². The van der Waals surface area contributed by atoms with Gasteiger partial charge in [-0.15, -0.1) is 10.2 Å². The molecule has 0 radical (unpaired) electrons. The van der Waals surface area contributed by atoms with Crippen LogP contribution in [0.25, 0.3) is 10.6 Å². The van der Waals surface area contributed by atoms with Crippen molar-refractivity contribution in [2.45, 2.75) is 0 Å². The quantitative estimate of drug-likeness (QED) is 0.590. The van der Waals surface area contributed by atoms with Gasteiger partial charge in [-0.3, -0.25) is 14.4 Å². The number of para-hydroxylation sites is 2. The Hall–Kier alpha value is -2.69. The highest BCUT2D eigenvalue weighted by Crippen LogP contribution is 2.30. The molecule has 1 amide bonds. The van der Waals surface area contributed by atoms with E-state index in [9.17, 15) is 13.2 Å². The van der Waals surface area contributed by atoms with E-state index >= 15 is 0 Å². The fourth-order valence-electron chi connectivity index (χ4n) is 2.49. The number of nitrogens with zero attached hydrogens (tertiary/aromatic N) is 3. The number of aromatic nitrogens is 2. The lowest BCUT2D eigenvalue weighted by Gasteiger charge is -2.23. The van der Waals surface area contributed by atoms with Crippen LogP contribution in [0.5, 0.6) is 5.75 Å². The van der Waals surface area contributed by atoms with Gasteiger partial charge in [0.15, 0.2) is 0 Å². The maximum absolute atomic E-state index is 12.5. The molecule has 1 aromatic heterocycles. The highest BCUT2D eigenvalue weighted by molar-refractivity contribution is 7.92. The number of ether oxygens (including phenoxy) is 1. The molecule has 1 N–H and O–H groups in total. The number of carbonyl (C=O) groups is 1. The number of halogens is 1. The minimum Gasteiger partial charge on any atom is -0.495 e. The predicted octanol–water partition coefficient (Wildman–Crippen LogP) is 3.27. The molecule has 0 unspecified atom stereocenters. The highest BCUT2D eigenvalue weighted by Gasteiger charge is 2.24. The second kappa shape index (κ2) is 8.76. The van der Waals surface area contributed by atoms with E-state index in [4.69, 9.17) is 16.3 Å². The SMILES string of the molecule is COc1ccccc1N(CC(=O)Nc1nnc(-c2ccc(Cl)cc2)s1)S(C)(=O)=O. The van der Waals surface area contributed by atoms with Crippen LogP contribution >= 0.6 is 22.9 Å². The molecule has 0 aliphatic carbocycles. The number of anilines is 2. The zero-order chi connectivity index (χ0) is 21.0. The average Bonchev–Trinajstić information content (AvgIpc) is 3.14. The van der Waals surface area contributed by atoms with Gasteiger partial charge in [-0.1, -0.05) is 47.2 Å². The van der Waals surface area contributed by atoms with Gasteiger partial charge in [0.25, 0.3) is 0 Å². The lowest BCUT2D eigenvalue weighted by molar-refractivity contribution is -0.114. The monoisotopic (exact) mass is 452 g/mol. The van der Waals surface area contributed by atoms with Crippen molar-refractivity contribution in [1.82, 2.24) is 10.2 Å². The number of hydrogen-bond donors (Lipinski definition) is 1. The third-order valence-corrected chi connectivity index (χ3v) is 6.07. The van der Waals surface area contributed by atoms with Crippen LogP contribution in [0.2, 0.25) is 5.02 Å². The van der Waals surface area contributed by atoms with E-state index in [1.54, 1.807) is 48.5 Å². The van der Waals surface area contributed by atoms with Crippen molar-refractivity contribution in [3.8, 4) is 16.3 Å². The summed E-state index contributed by atoms with van der Waals surface area (Å²) in [6.45, 7) is -0.435. The standard InChI is InChI=1S/C18H17ClN4O4S2/c1-27-15-6-4-3-5-14(15)23(29(2,25)26)11-16(24)20-18-22-21-17(28-18)12-7-9-13(19)10-8-12/h3-10H,11H2,1-2H3,(H,20,22,24). The summed E-state index contributed by atoms with van der Waals surface area (Å²) >= 11 is 7.05. The molecule has 0 fully saturated rings. The smallest absolute Gasteiger partial charge is 0.246 e. The van der Waals surface area contributed by atoms with E-state index in [0.29, 0.717) is 15.8 Å². The van der Waals surface area contributed by atoms with E-state index in [1.165, 1.54) is 18.4 Å². The van der Waals surface area contributed by atoms with Gasteiger partial charge in [-0.25, -0.2) is 8.42 Å². The van der Waals surface area contributed by atoms with Gasteiger partial charge < -0.3 is 4.74 Å². The number of amides is 1. The molecule has 0 saturated carbocycles. The molecule has 1 heterocycles. The van der Waals surface area contributed by atoms with Crippen LogP contribution < -0.4 is 14.4 Å². The summed E-state index contributed by atoms with van der Waals surface area (Å²) in [7, 11) is -2.30. The maximum atomic E-state index is 12.5. The lowest BCUT2D eigenvalue weighted by atomic mass is 10.2. The minimum absolute atomic E-state index is 0.258. The summed E-state index contributed by atoms with van der Waals surface area (Å²) < 4.78 is 30.7. The van der Waals surface area contributed by atoms with Gasteiger partial charge in [0, 0.05) is 10.6 Å². The summed E-state index contributed by atoms with van der Waals surface area (Å²) in [5, 5.41) is 12.0. The summed E-state index contributed by atoms with van der Waals surface area (Å²) in [6.07, 6.45) is 1.02. The Morgan fingerprint density at radius 1 is 1.17 bits per heavy atom. The molecule has 0 aliphatic rings. The number of nitrogens with one attached hydrogen (secondary N) is 1. The fraction of sp³-hybridized carbons (Fsp3) is 0.167. The molecule has 152 valence electrons. The Bertz CT molecular complexity index is 1120. The third-order valence-electron chi connectivity index (χ3n) is 3.80. The first kappa shape index (κ1) is 21.0. The van der Waals surface area contributed by atoms with Crippen molar-refractivity contribution in [2.75, 3.05) is 29.5 Å². The molecular formula is C18H17ClN4O4S2. The molecule has 8 nitrogen and oxygen atoms in total. The van der Waals surface area contributed by atoms with Gasteiger partial charge >= 0.3 is 0 Å². The normalized spacial score (nSPS) is 11.1. The second-order valence-corrected chi connectivity index (χ2v) is 9.23. The van der Waals surface area contributed by atoms with Crippen LogP contribution in [0.4, 0.5) is 10.8 Å². The topological polar surface area (TPSA) is 101 Å². The van der Waals surface area contributed by atoms with Crippen LogP contribution in [0.3, 0.4) is 0 Å². The maximum Gasteiger partial charge on any atom is 0.246 e. The first-order valence-corrected chi connectivity index (χ1v) is 11.3. The first-order valence-electron chi connectivity index (χ1n) is 8.28. The molecule has 3 rings (SSSR count). The van der Waals surface area contributed by atoms with Gasteiger partial charge in [-0.2, -0.15) is 0 Å². The molecule has 0 saturated heterocycles. The number of sulfonamides is 1. The van der Waals surface area contributed by atoms with Gasteiger partial charge in [0.05, 0.1) is 19.1 Å². The molecule has 29 heavy (non-hydrogen) atoms. The fourth-order valence-corrected chi connectivity index (χ4v) is 4.24. The van der Waals surface area contributed by atoms with E-state index < -0.39 is 22.5 Å². The Labute approximate surface area is 177 Å². The van der Waals surface area contributed by atoms with E-state index in [2.05, 4.69) is 15.5 Å². The van der Waals surface area contributed by atoms with E-state index in [1.807, 2.05) is 0 Å². The molecule has 2 aromatic carbocycles. The van der Waals surface area contributed by atoms with Crippen molar-refractivity contribution >= 4 is 49.7 Å². The minimum atomic E-state index is -3.73. The number of hydrogen-bond acceptors (Lipinski definition) is 7. The molecule has 0 spiro atoms.